The van der Waals surface area contributed by atoms with Gasteiger partial charge in [0.1, 0.15) is 6.10 Å². The quantitative estimate of drug-likeness (QED) is 0.512. The second-order valence-electron chi connectivity index (χ2n) is 6.72. The molecule has 3 aliphatic rings. The highest BCUT2D eigenvalue weighted by atomic mass is 16.6. The van der Waals surface area contributed by atoms with Gasteiger partial charge in [0.15, 0.2) is 0 Å². The van der Waals surface area contributed by atoms with E-state index in [-0.39, 0.29) is 29.8 Å². The molecule has 0 aromatic heterocycles. The average Bonchev–Trinajstić information content (AvgIpc) is 2.62. The number of ether oxygens (including phenoxy) is 1. The molecule has 4 nitrogen and oxygen atoms in total. The molecule has 2 aliphatic carbocycles. The summed E-state index contributed by atoms with van der Waals surface area (Å²) in [5.41, 5.74) is 0.640. The minimum atomic E-state index is -0.813. The van der Waals surface area contributed by atoms with Gasteiger partial charge in [-0.3, -0.25) is 4.79 Å². The fourth-order valence-corrected chi connectivity index (χ4v) is 4.49. The lowest BCUT2D eigenvalue weighted by molar-refractivity contribution is -0.155. The summed E-state index contributed by atoms with van der Waals surface area (Å²) in [4.78, 5) is 11.8. The maximum absolute atomic E-state index is 11.8. The van der Waals surface area contributed by atoms with E-state index in [9.17, 15) is 15.0 Å². The average molecular weight is 266 g/mol. The first-order valence-corrected chi connectivity index (χ1v) is 7.11. The van der Waals surface area contributed by atoms with Crippen LogP contribution in [0.25, 0.3) is 0 Å². The van der Waals surface area contributed by atoms with Gasteiger partial charge in [0, 0.05) is 17.3 Å². The third kappa shape index (κ3) is 1.62. The largest absolute Gasteiger partial charge is 0.461 e. The zero-order chi connectivity index (χ0) is 13.9. The van der Waals surface area contributed by atoms with Gasteiger partial charge >= 0.3 is 5.97 Å². The van der Waals surface area contributed by atoms with E-state index in [1.807, 2.05) is 20.8 Å². The van der Waals surface area contributed by atoms with Crippen molar-refractivity contribution in [1.29, 1.82) is 0 Å². The zero-order valence-electron chi connectivity index (χ0n) is 11.7. The molecule has 0 radical (unpaired) electrons. The van der Waals surface area contributed by atoms with Crippen LogP contribution in [-0.2, 0) is 9.53 Å². The third-order valence-electron chi connectivity index (χ3n) is 5.67. The highest BCUT2D eigenvalue weighted by Crippen LogP contribution is 2.56. The monoisotopic (exact) mass is 266 g/mol. The molecule has 0 bridgehead atoms. The molecule has 1 saturated heterocycles. The van der Waals surface area contributed by atoms with Crippen molar-refractivity contribution in [2.75, 3.05) is 0 Å². The maximum Gasteiger partial charge on any atom is 0.309 e. The molecule has 0 amide bonds. The van der Waals surface area contributed by atoms with Crippen molar-refractivity contribution >= 4 is 5.97 Å². The molecule has 4 heteroatoms. The van der Waals surface area contributed by atoms with Crippen LogP contribution >= 0.6 is 0 Å². The first-order chi connectivity index (χ1) is 8.86. The number of aliphatic hydroxyl groups is 2. The van der Waals surface area contributed by atoms with Crippen LogP contribution in [0.2, 0.25) is 0 Å². The number of carbonyl (C=O) groups excluding carboxylic acids is 1. The molecule has 1 heterocycles. The van der Waals surface area contributed by atoms with E-state index in [2.05, 4.69) is 0 Å². The lowest BCUT2D eigenvalue weighted by atomic mass is 9.54. The SMILES string of the molecule is CC1=CC(O)C(O)C2(C)CCC3C(C)C(=O)OC3C12. The molecule has 106 valence electrons. The number of fused-ring (bicyclic) bond motifs is 3. The van der Waals surface area contributed by atoms with E-state index in [0.29, 0.717) is 0 Å². The number of rotatable bonds is 0. The zero-order valence-corrected chi connectivity index (χ0v) is 11.7. The lowest BCUT2D eigenvalue weighted by Gasteiger charge is -2.52. The smallest absolute Gasteiger partial charge is 0.309 e. The van der Waals surface area contributed by atoms with Crippen molar-refractivity contribution in [3.63, 3.8) is 0 Å². The van der Waals surface area contributed by atoms with E-state index < -0.39 is 17.6 Å². The van der Waals surface area contributed by atoms with Crippen LogP contribution in [0.1, 0.15) is 33.6 Å². The Bertz CT molecular complexity index is 443. The van der Waals surface area contributed by atoms with Crippen molar-refractivity contribution in [2.45, 2.75) is 51.9 Å². The molecule has 2 N–H and O–H groups in total. The van der Waals surface area contributed by atoms with E-state index >= 15 is 0 Å². The summed E-state index contributed by atoms with van der Waals surface area (Å²) in [5.74, 6) is 0.105. The van der Waals surface area contributed by atoms with Gasteiger partial charge in [0.25, 0.3) is 0 Å². The number of hydrogen-bond donors (Lipinski definition) is 2. The van der Waals surface area contributed by atoms with Gasteiger partial charge in [-0.1, -0.05) is 25.5 Å². The molecule has 2 fully saturated rings. The Hall–Kier alpha value is -0.870. The topological polar surface area (TPSA) is 66.8 Å². The Morgan fingerprint density at radius 3 is 2.79 bits per heavy atom. The second kappa shape index (κ2) is 4.06. The predicted molar refractivity (Wildman–Crippen MR) is 69.1 cm³/mol. The van der Waals surface area contributed by atoms with Gasteiger partial charge in [-0.2, -0.15) is 0 Å². The molecule has 3 rings (SSSR count). The van der Waals surface area contributed by atoms with Crippen molar-refractivity contribution in [2.24, 2.45) is 23.2 Å². The highest BCUT2D eigenvalue weighted by molar-refractivity contribution is 5.75. The second-order valence-corrected chi connectivity index (χ2v) is 6.72. The minimum Gasteiger partial charge on any atom is -0.461 e. The summed E-state index contributed by atoms with van der Waals surface area (Å²) in [5, 5.41) is 20.3. The van der Waals surface area contributed by atoms with E-state index in [1.54, 1.807) is 6.08 Å². The van der Waals surface area contributed by atoms with Crippen molar-refractivity contribution < 1.29 is 19.7 Å². The molecular weight excluding hydrogens is 244 g/mol. The summed E-state index contributed by atoms with van der Waals surface area (Å²) in [6, 6.07) is 0. The standard InChI is InChI=1S/C15H22O4/c1-7-6-10(16)13(17)15(3)5-4-9-8(2)14(18)19-12(9)11(7)15/h6,8-13,16-17H,4-5H2,1-3H3. The van der Waals surface area contributed by atoms with Crippen LogP contribution < -0.4 is 0 Å². The van der Waals surface area contributed by atoms with Crippen LogP contribution in [0.3, 0.4) is 0 Å². The van der Waals surface area contributed by atoms with Crippen LogP contribution in [0, 0.1) is 23.2 Å². The molecular formula is C15H22O4. The van der Waals surface area contributed by atoms with E-state index in [4.69, 9.17) is 4.74 Å². The van der Waals surface area contributed by atoms with Crippen molar-refractivity contribution in [1.82, 2.24) is 0 Å². The Morgan fingerprint density at radius 1 is 1.42 bits per heavy atom. The molecule has 1 aliphatic heterocycles. The molecule has 0 aromatic carbocycles. The number of hydrogen-bond acceptors (Lipinski definition) is 4. The lowest BCUT2D eigenvalue weighted by Crippen LogP contribution is -2.56. The number of aliphatic hydroxyl groups excluding tert-OH is 2. The predicted octanol–water partition coefficient (Wildman–Crippen LogP) is 1.26. The first kappa shape index (κ1) is 13.1. The van der Waals surface area contributed by atoms with Crippen LogP contribution in [0.5, 0.6) is 0 Å². The Labute approximate surface area is 113 Å². The molecule has 7 atom stereocenters. The molecule has 0 spiro atoms. The fraction of sp³-hybridized carbons (Fsp3) is 0.800. The highest BCUT2D eigenvalue weighted by Gasteiger charge is 2.59. The van der Waals surface area contributed by atoms with E-state index in [0.717, 1.165) is 18.4 Å². The van der Waals surface area contributed by atoms with Gasteiger partial charge in [-0.15, -0.1) is 0 Å². The normalized spacial score (nSPS) is 53.1. The third-order valence-corrected chi connectivity index (χ3v) is 5.67. The summed E-state index contributed by atoms with van der Waals surface area (Å²) in [6.45, 7) is 5.91. The van der Waals surface area contributed by atoms with Crippen LogP contribution in [0.15, 0.2) is 11.6 Å². The summed E-state index contributed by atoms with van der Waals surface area (Å²) < 4.78 is 5.59. The van der Waals surface area contributed by atoms with Gasteiger partial charge in [0.2, 0.25) is 0 Å². The summed E-state index contributed by atoms with van der Waals surface area (Å²) in [6.07, 6.45) is 1.69. The van der Waals surface area contributed by atoms with Crippen molar-refractivity contribution in [3.8, 4) is 0 Å². The Morgan fingerprint density at radius 2 is 2.11 bits per heavy atom. The number of carbonyl (C=O) groups is 1. The van der Waals surface area contributed by atoms with Gasteiger partial charge in [0.05, 0.1) is 18.1 Å². The van der Waals surface area contributed by atoms with Gasteiger partial charge < -0.3 is 14.9 Å². The van der Waals surface area contributed by atoms with Crippen LogP contribution in [0.4, 0.5) is 0 Å². The van der Waals surface area contributed by atoms with Crippen molar-refractivity contribution in [3.05, 3.63) is 11.6 Å². The summed E-state index contributed by atoms with van der Waals surface area (Å²) >= 11 is 0. The maximum atomic E-state index is 11.8. The minimum absolute atomic E-state index is 0.0264. The first-order valence-electron chi connectivity index (χ1n) is 7.11. The Kier molecular flexibility index (Phi) is 2.81. The number of esters is 1. The fourth-order valence-electron chi connectivity index (χ4n) is 4.49. The Balaban J connectivity index is 2.02. The van der Waals surface area contributed by atoms with Crippen LogP contribution in [-0.4, -0.2) is 34.5 Å². The molecule has 1 saturated carbocycles. The summed E-state index contributed by atoms with van der Waals surface area (Å²) in [7, 11) is 0. The molecule has 7 unspecified atom stereocenters. The van der Waals surface area contributed by atoms with Gasteiger partial charge in [-0.25, -0.2) is 0 Å². The molecule has 0 aromatic rings. The van der Waals surface area contributed by atoms with E-state index in [1.165, 1.54) is 0 Å². The van der Waals surface area contributed by atoms with Gasteiger partial charge in [-0.05, 0) is 19.8 Å². The molecule has 19 heavy (non-hydrogen) atoms.